The summed E-state index contributed by atoms with van der Waals surface area (Å²) in [6, 6.07) is 12.0. The van der Waals surface area contributed by atoms with E-state index in [0.717, 1.165) is 22.0 Å². The quantitative estimate of drug-likeness (QED) is 0.499. The number of thiophene rings is 1. The Morgan fingerprint density at radius 2 is 1.93 bits per heavy atom. The number of amides is 1. The molecule has 1 amide bonds. The number of rotatable bonds is 6. The van der Waals surface area contributed by atoms with Crippen molar-refractivity contribution in [2.75, 3.05) is 6.54 Å². The van der Waals surface area contributed by atoms with E-state index in [-0.39, 0.29) is 5.91 Å². The zero-order valence-electron chi connectivity index (χ0n) is 15.7. The number of hydrogen-bond acceptors (Lipinski definition) is 5. The van der Waals surface area contributed by atoms with Crippen LogP contribution in [0.1, 0.15) is 21.9 Å². The van der Waals surface area contributed by atoms with Gasteiger partial charge in [0.25, 0.3) is 5.91 Å². The highest BCUT2D eigenvalue weighted by Gasteiger charge is 2.15. The second-order valence-corrected chi connectivity index (χ2v) is 8.08. The minimum absolute atomic E-state index is 0.155. The summed E-state index contributed by atoms with van der Waals surface area (Å²) in [5.74, 6) is -0.155. The van der Waals surface area contributed by atoms with Crippen LogP contribution in [0.3, 0.4) is 0 Å². The molecule has 7 heteroatoms. The fraction of sp³-hybridized carbons (Fsp3) is 0.190. The number of carbonyl (C=O) groups is 1. The Morgan fingerprint density at radius 1 is 1.11 bits per heavy atom. The molecule has 0 saturated carbocycles. The summed E-state index contributed by atoms with van der Waals surface area (Å²) >= 11 is 3.16. The van der Waals surface area contributed by atoms with Crippen LogP contribution in [0.25, 0.3) is 21.7 Å². The Hall–Kier alpha value is -2.77. The number of aryl methyl sites for hydroxylation is 1. The summed E-state index contributed by atoms with van der Waals surface area (Å²) in [6.07, 6.45) is 0. The fourth-order valence-corrected chi connectivity index (χ4v) is 4.65. The Kier molecular flexibility index (Phi) is 5.36. The monoisotopic (exact) mass is 408 g/mol. The Labute approximate surface area is 171 Å². The van der Waals surface area contributed by atoms with Crippen LogP contribution in [0.15, 0.2) is 52.5 Å². The lowest BCUT2D eigenvalue weighted by molar-refractivity contribution is 0.0947. The van der Waals surface area contributed by atoms with Gasteiger partial charge in [-0.1, -0.05) is 30.3 Å². The van der Waals surface area contributed by atoms with Gasteiger partial charge in [-0.15, -0.1) is 11.3 Å². The van der Waals surface area contributed by atoms with Crippen molar-refractivity contribution in [2.45, 2.75) is 20.4 Å². The van der Waals surface area contributed by atoms with E-state index in [0.29, 0.717) is 18.8 Å². The maximum Gasteiger partial charge on any atom is 0.270 e. The van der Waals surface area contributed by atoms with E-state index >= 15 is 0 Å². The first-order valence-electron chi connectivity index (χ1n) is 8.99. The van der Waals surface area contributed by atoms with E-state index in [1.165, 1.54) is 22.5 Å². The first-order valence-corrected chi connectivity index (χ1v) is 10.8. The van der Waals surface area contributed by atoms with Crippen molar-refractivity contribution in [3.63, 3.8) is 0 Å². The lowest BCUT2D eigenvalue weighted by Crippen LogP contribution is -2.28. The molecule has 0 radical (unpaired) electrons. The summed E-state index contributed by atoms with van der Waals surface area (Å²) in [5, 5.41) is 14.4. The average Bonchev–Trinajstić information content (AvgIpc) is 3.44. The first kappa shape index (κ1) is 18.6. The summed E-state index contributed by atoms with van der Waals surface area (Å²) in [6.45, 7) is 5.22. The van der Waals surface area contributed by atoms with Gasteiger partial charge in [-0.3, -0.25) is 9.48 Å². The second-order valence-electron chi connectivity index (χ2n) is 6.44. The standard InChI is InChI=1S/C21H20N4OS2/c1-14-19(17-8-11-27-12-17)15(2)25(24-14)10-9-22-20(26)18-13-28-21(23-18)16-6-4-3-5-7-16/h3-8,11-13H,9-10H2,1-2H3,(H,22,26). The van der Waals surface area contributed by atoms with Gasteiger partial charge in [0.2, 0.25) is 0 Å². The van der Waals surface area contributed by atoms with Crippen LogP contribution in [0, 0.1) is 13.8 Å². The molecule has 142 valence electrons. The van der Waals surface area contributed by atoms with Crippen molar-refractivity contribution in [2.24, 2.45) is 0 Å². The van der Waals surface area contributed by atoms with E-state index in [1.54, 1.807) is 16.7 Å². The van der Waals surface area contributed by atoms with Crippen LogP contribution in [0.5, 0.6) is 0 Å². The number of carbonyl (C=O) groups excluding carboxylic acids is 1. The molecule has 0 aliphatic carbocycles. The molecule has 5 nitrogen and oxygen atoms in total. The predicted molar refractivity (Wildman–Crippen MR) is 115 cm³/mol. The molecule has 0 aliphatic heterocycles. The van der Waals surface area contributed by atoms with Gasteiger partial charge in [0, 0.05) is 28.7 Å². The highest BCUT2D eigenvalue weighted by Crippen LogP contribution is 2.28. The Morgan fingerprint density at radius 3 is 2.68 bits per heavy atom. The van der Waals surface area contributed by atoms with Gasteiger partial charge in [-0.2, -0.15) is 16.4 Å². The summed E-state index contributed by atoms with van der Waals surface area (Å²) in [5.41, 5.74) is 5.98. The van der Waals surface area contributed by atoms with E-state index in [1.807, 2.05) is 41.9 Å². The normalized spacial score (nSPS) is 10.9. The lowest BCUT2D eigenvalue weighted by Gasteiger charge is -2.06. The first-order chi connectivity index (χ1) is 13.6. The molecular weight excluding hydrogens is 388 g/mol. The van der Waals surface area contributed by atoms with Crippen molar-refractivity contribution in [3.05, 3.63) is 69.6 Å². The maximum atomic E-state index is 12.4. The Bertz CT molecular complexity index is 1080. The minimum Gasteiger partial charge on any atom is -0.349 e. The third-order valence-corrected chi connectivity index (χ3v) is 6.13. The molecule has 1 aromatic carbocycles. The van der Waals surface area contributed by atoms with Gasteiger partial charge in [-0.25, -0.2) is 4.98 Å². The summed E-state index contributed by atoms with van der Waals surface area (Å²) < 4.78 is 1.96. The van der Waals surface area contributed by atoms with Gasteiger partial charge < -0.3 is 5.32 Å². The van der Waals surface area contributed by atoms with Gasteiger partial charge in [0.15, 0.2) is 0 Å². The fourth-order valence-electron chi connectivity index (χ4n) is 3.20. The molecule has 0 bridgehead atoms. The molecular formula is C21H20N4OS2. The van der Waals surface area contributed by atoms with Crippen LogP contribution >= 0.6 is 22.7 Å². The van der Waals surface area contributed by atoms with Crippen molar-refractivity contribution in [1.29, 1.82) is 0 Å². The molecule has 3 aromatic heterocycles. The van der Waals surface area contributed by atoms with Crippen molar-refractivity contribution in [1.82, 2.24) is 20.1 Å². The number of benzene rings is 1. The minimum atomic E-state index is -0.155. The topological polar surface area (TPSA) is 59.8 Å². The number of nitrogens with one attached hydrogen (secondary N) is 1. The van der Waals surface area contributed by atoms with Gasteiger partial charge in [-0.05, 0) is 36.2 Å². The molecule has 0 atom stereocenters. The van der Waals surface area contributed by atoms with E-state index in [4.69, 9.17) is 0 Å². The SMILES string of the molecule is Cc1nn(CCNC(=O)c2csc(-c3ccccc3)n2)c(C)c1-c1ccsc1. The Balaban J connectivity index is 1.39. The summed E-state index contributed by atoms with van der Waals surface area (Å²) in [4.78, 5) is 16.9. The highest BCUT2D eigenvalue weighted by atomic mass is 32.1. The molecule has 0 saturated heterocycles. The van der Waals surface area contributed by atoms with E-state index in [2.05, 4.69) is 39.1 Å². The molecule has 0 fully saturated rings. The molecule has 0 aliphatic rings. The second kappa shape index (κ2) is 8.08. The highest BCUT2D eigenvalue weighted by molar-refractivity contribution is 7.13. The van der Waals surface area contributed by atoms with Gasteiger partial charge >= 0.3 is 0 Å². The third kappa shape index (κ3) is 3.76. The number of hydrogen-bond donors (Lipinski definition) is 1. The van der Waals surface area contributed by atoms with Crippen LogP contribution in [-0.4, -0.2) is 27.2 Å². The van der Waals surface area contributed by atoms with Gasteiger partial charge in [0.05, 0.1) is 12.2 Å². The summed E-state index contributed by atoms with van der Waals surface area (Å²) in [7, 11) is 0. The molecule has 4 rings (SSSR count). The van der Waals surface area contributed by atoms with Gasteiger partial charge in [0.1, 0.15) is 10.7 Å². The predicted octanol–water partition coefficient (Wildman–Crippen LogP) is 4.78. The van der Waals surface area contributed by atoms with Crippen molar-refractivity contribution in [3.8, 4) is 21.7 Å². The molecule has 4 aromatic rings. The van der Waals surface area contributed by atoms with Crippen LogP contribution in [0.4, 0.5) is 0 Å². The number of aromatic nitrogens is 3. The number of thiazole rings is 1. The molecule has 28 heavy (non-hydrogen) atoms. The smallest absolute Gasteiger partial charge is 0.270 e. The molecule has 0 spiro atoms. The average molecular weight is 409 g/mol. The third-order valence-electron chi connectivity index (χ3n) is 4.56. The zero-order chi connectivity index (χ0) is 19.5. The maximum absolute atomic E-state index is 12.4. The van der Waals surface area contributed by atoms with E-state index < -0.39 is 0 Å². The lowest BCUT2D eigenvalue weighted by atomic mass is 10.1. The van der Waals surface area contributed by atoms with Crippen molar-refractivity contribution < 1.29 is 4.79 Å². The molecule has 3 heterocycles. The van der Waals surface area contributed by atoms with Crippen LogP contribution in [-0.2, 0) is 6.54 Å². The number of nitrogens with zero attached hydrogens (tertiary/aromatic N) is 3. The van der Waals surface area contributed by atoms with Crippen molar-refractivity contribution >= 4 is 28.6 Å². The largest absolute Gasteiger partial charge is 0.349 e. The van der Waals surface area contributed by atoms with Crippen LogP contribution < -0.4 is 5.32 Å². The van der Waals surface area contributed by atoms with Crippen LogP contribution in [0.2, 0.25) is 0 Å². The zero-order valence-corrected chi connectivity index (χ0v) is 17.3. The van der Waals surface area contributed by atoms with E-state index in [9.17, 15) is 4.79 Å². The molecule has 0 unspecified atom stereocenters. The molecule has 1 N–H and O–H groups in total.